The lowest BCUT2D eigenvalue weighted by molar-refractivity contribution is 0.386. The SMILES string of the molecule is COc1ccc(CNC2CC2C)cc1F. The second kappa shape index (κ2) is 4.19. The van der Waals surface area contributed by atoms with Crippen LogP contribution in [-0.4, -0.2) is 13.2 Å². The Morgan fingerprint density at radius 3 is 2.80 bits per heavy atom. The van der Waals surface area contributed by atoms with E-state index in [1.165, 1.54) is 19.6 Å². The molecule has 1 aliphatic rings. The molecule has 15 heavy (non-hydrogen) atoms. The van der Waals surface area contributed by atoms with E-state index in [2.05, 4.69) is 12.2 Å². The van der Waals surface area contributed by atoms with Crippen LogP contribution in [0.15, 0.2) is 18.2 Å². The van der Waals surface area contributed by atoms with Crippen molar-refractivity contribution in [2.24, 2.45) is 5.92 Å². The summed E-state index contributed by atoms with van der Waals surface area (Å²) in [4.78, 5) is 0. The molecule has 2 unspecified atom stereocenters. The fourth-order valence-corrected chi connectivity index (χ4v) is 1.68. The van der Waals surface area contributed by atoms with E-state index in [1.54, 1.807) is 6.07 Å². The first-order valence-electron chi connectivity index (χ1n) is 5.26. The van der Waals surface area contributed by atoms with E-state index in [0.717, 1.165) is 18.0 Å². The molecule has 3 heteroatoms. The third-order valence-electron chi connectivity index (χ3n) is 2.89. The van der Waals surface area contributed by atoms with Crippen molar-refractivity contribution in [1.29, 1.82) is 0 Å². The van der Waals surface area contributed by atoms with Crippen molar-refractivity contribution in [2.45, 2.75) is 25.9 Å². The molecule has 0 saturated heterocycles. The Bertz CT molecular complexity index is 353. The second-order valence-electron chi connectivity index (χ2n) is 4.17. The molecule has 2 nitrogen and oxygen atoms in total. The Balaban J connectivity index is 1.94. The van der Waals surface area contributed by atoms with Crippen LogP contribution in [-0.2, 0) is 6.54 Å². The quantitative estimate of drug-likeness (QED) is 0.821. The summed E-state index contributed by atoms with van der Waals surface area (Å²) in [6, 6.07) is 5.71. The molecule has 82 valence electrons. The normalized spacial score (nSPS) is 23.9. The van der Waals surface area contributed by atoms with Crippen molar-refractivity contribution in [3.63, 3.8) is 0 Å². The highest BCUT2D eigenvalue weighted by Gasteiger charge is 2.31. The van der Waals surface area contributed by atoms with Crippen molar-refractivity contribution in [2.75, 3.05) is 7.11 Å². The lowest BCUT2D eigenvalue weighted by atomic mass is 10.2. The molecule has 2 rings (SSSR count). The molecule has 2 atom stereocenters. The van der Waals surface area contributed by atoms with Crippen molar-refractivity contribution in [1.82, 2.24) is 5.32 Å². The van der Waals surface area contributed by atoms with Gasteiger partial charge in [0.25, 0.3) is 0 Å². The highest BCUT2D eigenvalue weighted by Crippen LogP contribution is 2.29. The van der Waals surface area contributed by atoms with Crippen LogP contribution in [0.1, 0.15) is 18.9 Å². The van der Waals surface area contributed by atoms with Crippen molar-refractivity contribution in [3.8, 4) is 5.75 Å². The highest BCUT2D eigenvalue weighted by molar-refractivity contribution is 5.29. The molecule has 1 aliphatic carbocycles. The number of rotatable bonds is 4. The van der Waals surface area contributed by atoms with Gasteiger partial charge in [-0.1, -0.05) is 13.0 Å². The van der Waals surface area contributed by atoms with E-state index < -0.39 is 0 Å². The maximum absolute atomic E-state index is 13.3. The summed E-state index contributed by atoms with van der Waals surface area (Å²) in [5.41, 5.74) is 0.965. The Morgan fingerprint density at radius 1 is 1.53 bits per heavy atom. The fourth-order valence-electron chi connectivity index (χ4n) is 1.68. The van der Waals surface area contributed by atoms with E-state index in [9.17, 15) is 4.39 Å². The predicted molar refractivity (Wildman–Crippen MR) is 57.4 cm³/mol. The molecule has 0 amide bonds. The van der Waals surface area contributed by atoms with Crippen molar-refractivity contribution >= 4 is 0 Å². The van der Waals surface area contributed by atoms with E-state index >= 15 is 0 Å². The number of methoxy groups -OCH3 is 1. The molecule has 0 radical (unpaired) electrons. The topological polar surface area (TPSA) is 21.3 Å². The fraction of sp³-hybridized carbons (Fsp3) is 0.500. The van der Waals surface area contributed by atoms with Gasteiger partial charge >= 0.3 is 0 Å². The first kappa shape index (κ1) is 10.4. The number of halogens is 1. The van der Waals surface area contributed by atoms with Gasteiger partial charge in [-0.15, -0.1) is 0 Å². The van der Waals surface area contributed by atoms with Crippen LogP contribution in [0.3, 0.4) is 0 Å². The number of hydrogen-bond acceptors (Lipinski definition) is 2. The third-order valence-corrected chi connectivity index (χ3v) is 2.89. The minimum atomic E-state index is -0.291. The number of benzene rings is 1. The molecule has 1 aromatic carbocycles. The standard InChI is InChI=1S/C12H16FNO/c1-8-5-11(8)14-7-9-3-4-12(15-2)10(13)6-9/h3-4,6,8,11,14H,5,7H2,1-2H3. The Morgan fingerprint density at radius 2 is 2.27 bits per heavy atom. The molecule has 0 aliphatic heterocycles. The predicted octanol–water partition coefficient (Wildman–Crippen LogP) is 2.33. The van der Waals surface area contributed by atoms with Gasteiger partial charge < -0.3 is 10.1 Å². The minimum absolute atomic E-state index is 0.291. The number of ether oxygens (including phenoxy) is 1. The molecular formula is C12H16FNO. The molecule has 0 bridgehead atoms. The zero-order valence-electron chi connectivity index (χ0n) is 9.09. The number of nitrogens with one attached hydrogen (secondary N) is 1. The zero-order valence-corrected chi connectivity index (χ0v) is 9.09. The largest absolute Gasteiger partial charge is 0.494 e. The van der Waals surface area contributed by atoms with E-state index in [1.807, 2.05) is 6.07 Å². The van der Waals surface area contributed by atoms with Gasteiger partial charge in [-0.2, -0.15) is 0 Å². The highest BCUT2D eigenvalue weighted by atomic mass is 19.1. The average molecular weight is 209 g/mol. The maximum atomic E-state index is 13.3. The molecule has 1 N–H and O–H groups in total. The molecule has 1 aromatic rings. The summed E-state index contributed by atoms with van der Waals surface area (Å²) in [5, 5.41) is 3.38. The van der Waals surface area contributed by atoms with Gasteiger partial charge in [0.05, 0.1) is 7.11 Å². The average Bonchev–Trinajstić information content (AvgIpc) is 2.92. The van der Waals surface area contributed by atoms with Gasteiger partial charge in [-0.05, 0) is 30.0 Å². The second-order valence-corrected chi connectivity index (χ2v) is 4.17. The molecule has 0 heterocycles. The monoisotopic (exact) mass is 209 g/mol. The summed E-state index contributed by atoms with van der Waals surface area (Å²) in [6.07, 6.45) is 1.23. The Labute approximate surface area is 89.4 Å². The summed E-state index contributed by atoms with van der Waals surface area (Å²) in [7, 11) is 1.47. The zero-order chi connectivity index (χ0) is 10.8. The summed E-state index contributed by atoms with van der Waals surface area (Å²) >= 11 is 0. The first-order chi connectivity index (χ1) is 7.20. The molecular weight excluding hydrogens is 193 g/mol. The Kier molecular flexibility index (Phi) is 2.91. The van der Waals surface area contributed by atoms with Crippen LogP contribution in [0.2, 0.25) is 0 Å². The van der Waals surface area contributed by atoms with Crippen molar-refractivity contribution < 1.29 is 9.13 Å². The summed E-state index contributed by atoms with van der Waals surface area (Å²) in [6.45, 7) is 2.95. The van der Waals surface area contributed by atoms with Gasteiger partial charge in [0.2, 0.25) is 0 Å². The van der Waals surface area contributed by atoms with Crippen LogP contribution in [0, 0.1) is 11.7 Å². The molecule has 0 aromatic heterocycles. The van der Waals surface area contributed by atoms with Gasteiger partial charge in [-0.3, -0.25) is 0 Å². The third kappa shape index (κ3) is 2.48. The lowest BCUT2D eigenvalue weighted by Gasteiger charge is -2.06. The van der Waals surface area contributed by atoms with Crippen LogP contribution in [0.4, 0.5) is 4.39 Å². The lowest BCUT2D eigenvalue weighted by Crippen LogP contribution is -2.17. The van der Waals surface area contributed by atoms with Crippen LogP contribution in [0.5, 0.6) is 5.75 Å². The van der Waals surface area contributed by atoms with Gasteiger partial charge in [0, 0.05) is 12.6 Å². The first-order valence-corrected chi connectivity index (χ1v) is 5.26. The minimum Gasteiger partial charge on any atom is -0.494 e. The summed E-state index contributed by atoms with van der Waals surface area (Å²) < 4.78 is 18.2. The Hall–Kier alpha value is -1.09. The molecule has 1 fully saturated rings. The number of hydrogen-bond donors (Lipinski definition) is 1. The maximum Gasteiger partial charge on any atom is 0.165 e. The summed E-state index contributed by atoms with van der Waals surface area (Å²) in [5.74, 6) is 0.785. The molecule has 0 spiro atoms. The van der Waals surface area contributed by atoms with Crippen LogP contribution < -0.4 is 10.1 Å². The van der Waals surface area contributed by atoms with Gasteiger partial charge in [0.1, 0.15) is 0 Å². The van der Waals surface area contributed by atoms with E-state index in [0.29, 0.717) is 11.8 Å². The van der Waals surface area contributed by atoms with Crippen molar-refractivity contribution in [3.05, 3.63) is 29.6 Å². The van der Waals surface area contributed by atoms with Crippen LogP contribution >= 0.6 is 0 Å². The van der Waals surface area contributed by atoms with E-state index in [-0.39, 0.29) is 5.82 Å². The van der Waals surface area contributed by atoms with Crippen LogP contribution in [0.25, 0.3) is 0 Å². The van der Waals surface area contributed by atoms with Gasteiger partial charge in [-0.25, -0.2) is 4.39 Å². The smallest absolute Gasteiger partial charge is 0.165 e. The van der Waals surface area contributed by atoms with E-state index in [4.69, 9.17) is 4.74 Å². The van der Waals surface area contributed by atoms with Gasteiger partial charge in [0.15, 0.2) is 11.6 Å². The molecule has 1 saturated carbocycles.